The summed E-state index contributed by atoms with van der Waals surface area (Å²) in [5, 5.41) is 9.70. The maximum Gasteiger partial charge on any atom is 0.338 e. The maximum atomic E-state index is 12.0. The Hall–Kier alpha value is -1.51. The largest absolute Gasteiger partial charge is 0.508 e. The number of phenols is 1. The zero-order valence-electron chi connectivity index (χ0n) is 12.0. The highest BCUT2D eigenvalue weighted by molar-refractivity contribution is 5.90. The van der Waals surface area contributed by atoms with Crippen molar-refractivity contribution < 1.29 is 14.6 Å². The van der Waals surface area contributed by atoms with Gasteiger partial charge in [-0.1, -0.05) is 20.8 Å². The van der Waals surface area contributed by atoms with Crippen molar-refractivity contribution in [2.45, 2.75) is 52.6 Å². The molecule has 0 aliphatic heterocycles. The van der Waals surface area contributed by atoms with E-state index in [1.54, 1.807) is 12.1 Å². The maximum absolute atomic E-state index is 12.0. The van der Waals surface area contributed by atoms with Gasteiger partial charge in [0.2, 0.25) is 0 Å². The van der Waals surface area contributed by atoms with Crippen molar-refractivity contribution in [1.29, 1.82) is 0 Å². The van der Waals surface area contributed by atoms with Crippen LogP contribution in [0.3, 0.4) is 0 Å². The first-order chi connectivity index (χ1) is 7.99. The summed E-state index contributed by atoms with van der Waals surface area (Å²) in [5.74, 6) is -0.327. The van der Waals surface area contributed by atoms with Crippen molar-refractivity contribution >= 4 is 5.97 Å². The van der Waals surface area contributed by atoms with Gasteiger partial charge in [-0.25, -0.2) is 4.79 Å². The molecule has 0 aromatic heterocycles. The van der Waals surface area contributed by atoms with E-state index in [9.17, 15) is 9.90 Å². The molecule has 0 fully saturated rings. The van der Waals surface area contributed by atoms with Gasteiger partial charge in [0.05, 0.1) is 5.56 Å². The van der Waals surface area contributed by atoms with Crippen LogP contribution in [0.1, 0.15) is 57.5 Å². The van der Waals surface area contributed by atoms with Gasteiger partial charge in [0, 0.05) is 0 Å². The molecule has 0 aliphatic carbocycles. The molecule has 3 nitrogen and oxygen atoms in total. The molecule has 1 rings (SSSR count). The molecule has 0 saturated heterocycles. The lowest BCUT2D eigenvalue weighted by atomic mass is 9.86. The van der Waals surface area contributed by atoms with Crippen LogP contribution in [-0.2, 0) is 10.2 Å². The van der Waals surface area contributed by atoms with Gasteiger partial charge in [0.1, 0.15) is 11.4 Å². The van der Waals surface area contributed by atoms with Crippen molar-refractivity contribution in [1.82, 2.24) is 0 Å². The molecule has 0 aliphatic rings. The van der Waals surface area contributed by atoms with Gasteiger partial charge in [-0.05, 0) is 49.9 Å². The monoisotopic (exact) mass is 250 g/mol. The minimum Gasteiger partial charge on any atom is -0.508 e. The average Bonchev–Trinajstić information content (AvgIpc) is 2.12. The second-order valence-electron chi connectivity index (χ2n) is 6.52. The van der Waals surface area contributed by atoms with Crippen LogP contribution in [0.15, 0.2) is 18.2 Å². The van der Waals surface area contributed by atoms with Gasteiger partial charge in [-0.3, -0.25) is 0 Å². The molecule has 0 atom stereocenters. The Morgan fingerprint density at radius 2 is 1.61 bits per heavy atom. The van der Waals surface area contributed by atoms with Crippen LogP contribution in [0.25, 0.3) is 0 Å². The van der Waals surface area contributed by atoms with Crippen molar-refractivity contribution in [2.75, 3.05) is 0 Å². The summed E-state index contributed by atoms with van der Waals surface area (Å²) in [6, 6.07) is 4.88. The highest BCUT2D eigenvalue weighted by Gasteiger charge is 2.21. The molecule has 100 valence electrons. The summed E-state index contributed by atoms with van der Waals surface area (Å²) in [6.45, 7) is 11.5. The quantitative estimate of drug-likeness (QED) is 0.774. The lowest BCUT2D eigenvalue weighted by Gasteiger charge is -2.22. The van der Waals surface area contributed by atoms with Gasteiger partial charge < -0.3 is 9.84 Å². The Labute approximate surface area is 109 Å². The molecule has 0 unspecified atom stereocenters. The fourth-order valence-electron chi connectivity index (χ4n) is 1.50. The lowest BCUT2D eigenvalue weighted by Crippen LogP contribution is -2.24. The van der Waals surface area contributed by atoms with Crippen LogP contribution >= 0.6 is 0 Å². The van der Waals surface area contributed by atoms with Crippen molar-refractivity contribution in [3.8, 4) is 5.75 Å². The number of carbonyl (C=O) groups is 1. The average molecular weight is 250 g/mol. The van der Waals surface area contributed by atoms with Gasteiger partial charge in [0.25, 0.3) is 0 Å². The molecule has 3 heteroatoms. The van der Waals surface area contributed by atoms with Crippen LogP contribution in [-0.4, -0.2) is 16.7 Å². The Bertz CT molecular complexity index is 448. The van der Waals surface area contributed by atoms with Crippen LogP contribution in [0.4, 0.5) is 0 Å². The van der Waals surface area contributed by atoms with E-state index >= 15 is 0 Å². The molecule has 1 aromatic rings. The Kier molecular flexibility index (Phi) is 3.75. The van der Waals surface area contributed by atoms with E-state index in [0.29, 0.717) is 5.56 Å². The molecule has 1 aromatic carbocycles. The van der Waals surface area contributed by atoms with Gasteiger partial charge in [0.15, 0.2) is 0 Å². The molecule has 0 bridgehead atoms. The first-order valence-electron chi connectivity index (χ1n) is 6.07. The van der Waals surface area contributed by atoms with Gasteiger partial charge >= 0.3 is 5.97 Å². The van der Waals surface area contributed by atoms with E-state index in [1.165, 1.54) is 6.07 Å². The highest BCUT2D eigenvalue weighted by atomic mass is 16.6. The number of benzene rings is 1. The van der Waals surface area contributed by atoms with E-state index < -0.39 is 11.6 Å². The topological polar surface area (TPSA) is 46.5 Å². The Morgan fingerprint density at radius 3 is 2.06 bits per heavy atom. The van der Waals surface area contributed by atoms with Crippen molar-refractivity contribution in [3.05, 3.63) is 29.3 Å². The Balaban J connectivity index is 3.11. The fourth-order valence-corrected chi connectivity index (χ4v) is 1.50. The van der Waals surface area contributed by atoms with Crippen LogP contribution in [0.5, 0.6) is 5.75 Å². The molecule has 0 saturated carbocycles. The molecular weight excluding hydrogens is 228 g/mol. The number of aromatic hydroxyl groups is 1. The van der Waals surface area contributed by atoms with E-state index in [1.807, 2.05) is 41.5 Å². The third-order valence-electron chi connectivity index (χ3n) is 2.42. The third kappa shape index (κ3) is 4.06. The summed E-state index contributed by atoms with van der Waals surface area (Å²) in [6.07, 6.45) is 0. The Morgan fingerprint density at radius 1 is 1.06 bits per heavy atom. The second kappa shape index (κ2) is 4.63. The lowest BCUT2D eigenvalue weighted by molar-refractivity contribution is 0.00689. The fraction of sp³-hybridized carbons (Fsp3) is 0.533. The van der Waals surface area contributed by atoms with E-state index in [-0.39, 0.29) is 11.2 Å². The van der Waals surface area contributed by atoms with E-state index in [4.69, 9.17) is 4.74 Å². The molecule has 18 heavy (non-hydrogen) atoms. The zero-order chi connectivity index (χ0) is 14.1. The number of ether oxygens (including phenoxy) is 1. The van der Waals surface area contributed by atoms with Gasteiger partial charge in [-0.15, -0.1) is 0 Å². The van der Waals surface area contributed by atoms with Crippen LogP contribution < -0.4 is 0 Å². The molecule has 0 amide bonds. The smallest absolute Gasteiger partial charge is 0.338 e. The summed E-state index contributed by atoms with van der Waals surface area (Å²) in [5.41, 5.74) is 0.623. The predicted molar refractivity (Wildman–Crippen MR) is 72.0 cm³/mol. The second-order valence-corrected chi connectivity index (χ2v) is 6.52. The number of phenolic OH excluding ortho intramolecular Hbond substituents is 1. The number of carbonyl (C=O) groups excluding carboxylic acids is 1. The number of esters is 1. The molecule has 0 heterocycles. The summed E-state index contributed by atoms with van der Waals surface area (Å²) in [4.78, 5) is 12.0. The standard InChI is InChI=1S/C15H22O3/c1-14(2,3)11-7-10(8-12(16)9-11)13(17)18-15(4,5)6/h7-9,16H,1-6H3. The number of hydrogen-bond donors (Lipinski definition) is 1. The van der Waals surface area contributed by atoms with Gasteiger partial charge in [-0.2, -0.15) is 0 Å². The zero-order valence-corrected chi connectivity index (χ0v) is 12.0. The van der Waals surface area contributed by atoms with E-state index in [2.05, 4.69) is 0 Å². The normalized spacial score (nSPS) is 12.3. The first-order valence-corrected chi connectivity index (χ1v) is 6.07. The number of rotatable bonds is 1. The summed E-state index contributed by atoms with van der Waals surface area (Å²) >= 11 is 0. The van der Waals surface area contributed by atoms with Crippen LogP contribution in [0, 0.1) is 0 Å². The molecule has 1 N–H and O–H groups in total. The van der Waals surface area contributed by atoms with Crippen molar-refractivity contribution in [3.63, 3.8) is 0 Å². The predicted octanol–water partition coefficient (Wildman–Crippen LogP) is 3.65. The summed E-state index contributed by atoms with van der Waals surface area (Å²) in [7, 11) is 0. The molecule has 0 spiro atoms. The SMILES string of the molecule is CC(C)(C)OC(=O)c1cc(O)cc(C(C)(C)C)c1. The number of hydrogen-bond acceptors (Lipinski definition) is 3. The minimum atomic E-state index is -0.537. The van der Waals surface area contributed by atoms with Crippen molar-refractivity contribution in [2.24, 2.45) is 0 Å². The minimum absolute atomic E-state index is 0.0864. The third-order valence-corrected chi connectivity index (χ3v) is 2.42. The molecule has 0 radical (unpaired) electrons. The highest BCUT2D eigenvalue weighted by Crippen LogP contribution is 2.27. The van der Waals surface area contributed by atoms with Crippen LogP contribution in [0.2, 0.25) is 0 Å². The summed E-state index contributed by atoms with van der Waals surface area (Å²) < 4.78 is 5.30. The van der Waals surface area contributed by atoms with E-state index in [0.717, 1.165) is 5.56 Å². The molecular formula is C15H22O3. The first kappa shape index (κ1) is 14.6.